The topological polar surface area (TPSA) is 115 Å². The Morgan fingerprint density at radius 3 is 2.29 bits per heavy atom. The molecule has 0 spiro atoms. The molecule has 1 unspecified atom stereocenters. The summed E-state index contributed by atoms with van der Waals surface area (Å²) in [5, 5.41) is 17.4. The quantitative estimate of drug-likeness (QED) is 0.394. The highest BCUT2D eigenvalue weighted by molar-refractivity contribution is 7.55. The van der Waals surface area contributed by atoms with Crippen LogP contribution in [0.2, 0.25) is 0 Å². The van der Waals surface area contributed by atoms with Crippen LogP contribution in [0.1, 0.15) is 19.8 Å². The first-order chi connectivity index (χ1) is 6.22. The summed E-state index contributed by atoms with van der Waals surface area (Å²) in [6.07, 6.45) is -0.620. The summed E-state index contributed by atoms with van der Waals surface area (Å²) in [6.45, 7) is 1.47. The monoisotopic (exact) mass is 224 g/mol. The number of aliphatic hydroxyl groups excluding tert-OH is 1. The molecular formula is C7H13O6P. The fourth-order valence-electron chi connectivity index (χ4n) is 0.794. The average Bonchev–Trinajstić information content (AvgIpc) is 1.94. The van der Waals surface area contributed by atoms with E-state index in [-0.39, 0.29) is 18.4 Å². The Hall–Kier alpha value is -0.680. The van der Waals surface area contributed by atoms with E-state index in [1.807, 2.05) is 0 Å². The Morgan fingerprint density at radius 2 is 2.00 bits per heavy atom. The third kappa shape index (κ3) is 6.80. The number of aliphatic carboxylic acids is 1. The van der Waals surface area contributed by atoms with E-state index in [9.17, 15) is 9.36 Å². The molecule has 1 atom stereocenters. The van der Waals surface area contributed by atoms with Crippen molar-refractivity contribution in [2.24, 2.45) is 0 Å². The van der Waals surface area contributed by atoms with Gasteiger partial charge in [0.05, 0.1) is 6.10 Å². The zero-order chi connectivity index (χ0) is 11.4. The van der Waals surface area contributed by atoms with Gasteiger partial charge in [-0.25, -0.2) is 4.79 Å². The van der Waals surface area contributed by atoms with Crippen molar-refractivity contribution >= 4 is 13.6 Å². The third-order valence-corrected chi connectivity index (χ3v) is 2.08. The lowest BCUT2D eigenvalue weighted by Gasteiger charge is -2.05. The highest BCUT2D eigenvalue weighted by Crippen LogP contribution is 2.38. The van der Waals surface area contributed by atoms with Crippen LogP contribution < -0.4 is 0 Å². The van der Waals surface area contributed by atoms with E-state index in [2.05, 4.69) is 0 Å². The second-order valence-electron chi connectivity index (χ2n) is 2.94. The van der Waals surface area contributed by atoms with Crippen LogP contribution >= 0.6 is 7.60 Å². The summed E-state index contributed by atoms with van der Waals surface area (Å²) in [7, 11) is -4.46. The standard InChI is InChI=1S/C7H13O6P/c1-5(8)2-3-6(7(9)10)4-14(11,12)13/h4-5,8H,2-3H2,1H3,(H,9,10)(H2,11,12,13). The molecular weight excluding hydrogens is 211 g/mol. The normalized spacial score (nSPS) is 15.3. The number of aliphatic hydroxyl groups is 1. The summed E-state index contributed by atoms with van der Waals surface area (Å²) >= 11 is 0. The molecule has 82 valence electrons. The first-order valence-corrected chi connectivity index (χ1v) is 5.59. The van der Waals surface area contributed by atoms with Crippen LogP contribution in [0.5, 0.6) is 0 Å². The molecule has 0 bridgehead atoms. The van der Waals surface area contributed by atoms with Crippen LogP contribution in [0, 0.1) is 0 Å². The van der Waals surface area contributed by atoms with Gasteiger partial charge in [0.15, 0.2) is 0 Å². The van der Waals surface area contributed by atoms with Gasteiger partial charge >= 0.3 is 13.6 Å². The zero-order valence-corrected chi connectivity index (χ0v) is 8.52. The van der Waals surface area contributed by atoms with E-state index in [4.69, 9.17) is 20.0 Å². The van der Waals surface area contributed by atoms with Gasteiger partial charge in [0, 0.05) is 11.4 Å². The molecule has 0 aliphatic carbocycles. The number of hydrogen-bond acceptors (Lipinski definition) is 3. The molecule has 0 aromatic carbocycles. The van der Waals surface area contributed by atoms with Gasteiger partial charge < -0.3 is 20.0 Å². The van der Waals surface area contributed by atoms with Gasteiger partial charge in [0.2, 0.25) is 0 Å². The average molecular weight is 224 g/mol. The summed E-state index contributed by atoms with van der Waals surface area (Å²) in [5.41, 5.74) is -0.376. The molecule has 0 amide bonds. The van der Waals surface area contributed by atoms with Crippen LogP contribution in [-0.4, -0.2) is 32.1 Å². The van der Waals surface area contributed by atoms with Gasteiger partial charge in [-0.3, -0.25) is 4.57 Å². The highest BCUT2D eigenvalue weighted by atomic mass is 31.2. The SMILES string of the molecule is CC(O)CCC(=CP(=O)(O)O)C(=O)O. The van der Waals surface area contributed by atoms with Crippen LogP contribution in [0.3, 0.4) is 0 Å². The number of carbonyl (C=O) groups is 1. The Balaban J connectivity index is 4.54. The molecule has 14 heavy (non-hydrogen) atoms. The van der Waals surface area contributed by atoms with E-state index >= 15 is 0 Å². The number of carboxylic acid groups (broad SMARTS) is 1. The van der Waals surface area contributed by atoms with Crippen LogP contribution in [0.4, 0.5) is 0 Å². The summed E-state index contributed by atoms with van der Waals surface area (Å²) in [6, 6.07) is 0. The van der Waals surface area contributed by atoms with Crippen LogP contribution in [0.15, 0.2) is 11.4 Å². The van der Waals surface area contributed by atoms with Gasteiger partial charge in [0.1, 0.15) is 0 Å². The van der Waals surface area contributed by atoms with Crippen molar-refractivity contribution in [1.29, 1.82) is 0 Å². The van der Waals surface area contributed by atoms with Crippen LogP contribution in [0.25, 0.3) is 0 Å². The predicted molar refractivity (Wildman–Crippen MR) is 48.7 cm³/mol. The van der Waals surface area contributed by atoms with Gasteiger partial charge in [0.25, 0.3) is 0 Å². The zero-order valence-electron chi connectivity index (χ0n) is 7.62. The maximum atomic E-state index is 10.5. The van der Waals surface area contributed by atoms with E-state index in [1.54, 1.807) is 0 Å². The fourth-order valence-corrected chi connectivity index (χ4v) is 1.44. The summed E-state index contributed by atoms with van der Waals surface area (Å²) in [4.78, 5) is 27.5. The minimum absolute atomic E-state index is 0.0713. The Morgan fingerprint density at radius 1 is 1.50 bits per heavy atom. The molecule has 0 saturated carbocycles. The van der Waals surface area contributed by atoms with Crippen molar-refractivity contribution < 1.29 is 29.4 Å². The van der Waals surface area contributed by atoms with Crippen LogP contribution in [-0.2, 0) is 9.36 Å². The molecule has 0 aromatic heterocycles. The maximum absolute atomic E-state index is 10.5. The van der Waals surface area contributed by atoms with E-state index in [0.29, 0.717) is 5.82 Å². The Kier molecular flexibility index (Phi) is 5.01. The van der Waals surface area contributed by atoms with Gasteiger partial charge in [-0.2, -0.15) is 0 Å². The maximum Gasteiger partial charge on any atom is 0.349 e. The largest absolute Gasteiger partial charge is 0.478 e. The number of hydrogen-bond donors (Lipinski definition) is 4. The Bertz CT molecular complexity index is 276. The molecule has 0 aliphatic rings. The van der Waals surface area contributed by atoms with Gasteiger partial charge in [-0.1, -0.05) is 0 Å². The smallest absolute Gasteiger partial charge is 0.349 e. The van der Waals surface area contributed by atoms with Crippen molar-refractivity contribution in [3.8, 4) is 0 Å². The molecule has 7 heteroatoms. The van der Waals surface area contributed by atoms with Crippen molar-refractivity contribution in [2.75, 3.05) is 0 Å². The summed E-state index contributed by atoms with van der Waals surface area (Å²) in [5.74, 6) is -0.966. The Labute approximate surface area is 81.0 Å². The van der Waals surface area contributed by atoms with Crippen molar-refractivity contribution in [3.63, 3.8) is 0 Å². The number of carboxylic acids is 1. The van der Waals surface area contributed by atoms with Crippen molar-refractivity contribution in [2.45, 2.75) is 25.9 Å². The molecule has 6 nitrogen and oxygen atoms in total. The minimum Gasteiger partial charge on any atom is -0.478 e. The molecule has 0 fully saturated rings. The number of rotatable bonds is 5. The van der Waals surface area contributed by atoms with E-state index in [0.717, 1.165) is 0 Å². The van der Waals surface area contributed by atoms with Crippen molar-refractivity contribution in [1.82, 2.24) is 0 Å². The van der Waals surface area contributed by atoms with Gasteiger partial charge in [-0.15, -0.1) is 0 Å². The molecule has 0 rings (SSSR count). The predicted octanol–water partition coefficient (Wildman–Crippen LogP) is 0.294. The highest BCUT2D eigenvalue weighted by Gasteiger charge is 2.16. The lowest BCUT2D eigenvalue weighted by molar-refractivity contribution is -0.132. The molecule has 0 aromatic rings. The second-order valence-corrected chi connectivity index (χ2v) is 4.37. The van der Waals surface area contributed by atoms with E-state index < -0.39 is 19.7 Å². The first-order valence-electron chi connectivity index (χ1n) is 3.90. The van der Waals surface area contributed by atoms with E-state index in [1.165, 1.54) is 6.92 Å². The molecule has 4 N–H and O–H groups in total. The lowest BCUT2D eigenvalue weighted by atomic mass is 10.1. The fraction of sp³-hybridized carbons (Fsp3) is 0.571. The molecule has 0 radical (unpaired) electrons. The minimum atomic E-state index is -4.46. The third-order valence-electron chi connectivity index (χ3n) is 1.43. The van der Waals surface area contributed by atoms with Crippen molar-refractivity contribution in [3.05, 3.63) is 11.4 Å². The molecule has 0 saturated heterocycles. The molecule has 0 aliphatic heterocycles. The first kappa shape index (κ1) is 13.3. The second kappa shape index (κ2) is 5.26. The lowest BCUT2D eigenvalue weighted by Crippen LogP contribution is -2.05. The van der Waals surface area contributed by atoms with Gasteiger partial charge in [-0.05, 0) is 19.8 Å². The summed E-state index contributed by atoms with van der Waals surface area (Å²) < 4.78 is 10.5. The molecule has 0 heterocycles.